The molecule has 1 heterocycles. The van der Waals surface area contributed by atoms with Crippen molar-refractivity contribution in [2.45, 2.75) is 26.4 Å². The van der Waals surface area contributed by atoms with Gasteiger partial charge in [-0.15, -0.1) is 0 Å². The van der Waals surface area contributed by atoms with E-state index in [0.717, 1.165) is 11.1 Å². The number of aromatic nitrogens is 2. The molecule has 0 aliphatic rings. The Kier molecular flexibility index (Phi) is 5.26. The van der Waals surface area contributed by atoms with Crippen LogP contribution in [-0.2, 0) is 4.79 Å². The van der Waals surface area contributed by atoms with E-state index in [2.05, 4.69) is 15.5 Å². The summed E-state index contributed by atoms with van der Waals surface area (Å²) in [5.41, 5.74) is 1.79. The third-order valence-corrected chi connectivity index (χ3v) is 3.79. The number of rotatable bonds is 6. The van der Waals surface area contributed by atoms with Crippen LogP contribution in [0.4, 0.5) is 10.3 Å². The number of amides is 1. The van der Waals surface area contributed by atoms with E-state index in [1.807, 2.05) is 38.1 Å². The summed E-state index contributed by atoms with van der Waals surface area (Å²) >= 11 is 0. The van der Waals surface area contributed by atoms with Crippen LogP contribution >= 0.6 is 0 Å². The molecule has 0 aliphatic carbocycles. The number of carbonyl (C=O) groups is 1. The van der Waals surface area contributed by atoms with Gasteiger partial charge in [0, 0.05) is 5.56 Å². The van der Waals surface area contributed by atoms with Gasteiger partial charge in [0.25, 0.3) is 17.7 Å². The number of nitrogens with zero attached hydrogens (tertiary/aromatic N) is 2. The number of nitrogens with one attached hydrogen (secondary N) is 1. The predicted octanol–water partition coefficient (Wildman–Crippen LogP) is 3.98. The Hall–Kier alpha value is -3.22. The highest BCUT2D eigenvalue weighted by molar-refractivity contribution is 5.92. The molecular formula is C19H18FN3O3. The van der Waals surface area contributed by atoms with E-state index in [1.165, 1.54) is 24.3 Å². The summed E-state index contributed by atoms with van der Waals surface area (Å²) in [6.07, 6.45) is -0.341. The Morgan fingerprint density at radius 1 is 1.23 bits per heavy atom. The van der Waals surface area contributed by atoms with Crippen LogP contribution in [0, 0.1) is 12.7 Å². The number of hydrogen-bond acceptors (Lipinski definition) is 5. The molecule has 1 atom stereocenters. The lowest BCUT2D eigenvalue weighted by Gasteiger charge is -2.15. The molecule has 3 aromatic rings. The van der Waals surface area contributed by atoms with Gasteiger partial charge >= 0.3 is 0 Å². The summed E-state index contributed by atoms with van der Waals surface area (Å²) < 4.78 is 23.8. The van der Waals surface area contributed by atoms with Crippen LogP contribution in [0.2, 0.25) is 0 Å². The van der Waals surface area contributed by atoms with E-state index < -0.39 is 12.0 Å². The topological polar surface area (TPSA) is 77.2 Å². The second-order valence-corrected chi connectivity index (χ2v) is 5.70. The molecule has 1 aromatic heterocycles. The van der Waals surface area contributed by atoms with E-state index in [0.29, 0.717) is 18.1 Å². The summed E-state index contributed by atoms with van der Waals surface area (Å²) in [6, 6.07) is 13.1. The highest BCUT2D eigenvalue weighted by Crippen LogP contribution is 2.22. The first-order valence-electron chi connectivity index (χ1n) is 8.19. The molecule has 0 spiro atoms. The molecule has 26 heavy (non-hydrogen) atoms. The molecule has 1 amide bonds. The molecule has 7 heteroatoms. The van der Waals surface area contributed by atoms with Gasteiger partial charge in [0.05, 0.1) is 0 Å². The number of hydrogen-bond donors (Lipinski definition) is 1. The molecule has 0 radical (unpaired) electrons. The molecule has 0 saturated carbocycles. The van der Waals surface area contributed by atoms with Gasteiger partial charge in [-0.05, 0) is 54.4 Å². The van der Waals surface area contributed by atoms with Crippen molar-refractivity contribution < 1.29 is 18.4 Å². The molecule has 134 valence electrons. The van der Waals surface area contributed by atoms with Crippen molar-refractivity contribution >= 4 is 11.9 Å². The lowest BCUT2D eigenvalue weighted by atomic mass is 10.1. The Morgan fingerprint density at radius 3 is 2.65 bits per heavy atom. The standard InChI is InChI=1S/C19H18FN3O3/c1-3-16(25-14-10-8-13(20)9-11-14)17(24)21-19-22-18(26-23-19)15-7-5-4-6-12(15)2/h4-11,16H,3H2,1-2H3,(H,21,23,24)/t16-/m0/s1. The molecule has 1 N–H and O–H groups in total. The number of carbonyl (C=O) groups excluding carboxylic acids is 1. The maximum absolute atomic E-state index is 13.0. The molecule has 0 bridgehead atoms. The number of aryl methyl sites for hydroxylation is 1. The molecule has 0 fully saturated rings. The van der Waals surface area contributed by atoms with Crippen LogP contribution in [0.25, 0.3) is 11.5 Å². The fourth-order valence-electron chi connectivity index (χ4n) is 2.39. The highest BCUT2D eigenvalue weighted by atomic mass is 19.1. The summed E-state index contributed by atoms with van der Waals surface area (Å²) in [7, 11) is 0. The molecular weight excluding hydrogens is 337 g/mol. The Balaban J connectivity index is 1.68. The van der Waals surface area contributed by atoms with E-state index in [1.54, 1.807) is 0 Å². The van der Waals surface area contributed by atoms with Crippen molar-refractivity contribution in [3.63, 3.8) is 0 Å². The molecule has 6 nitrogen and oxygen atoms in total. The second kappa shape index (κ2) is 7.77. The SMILES string of the molecule is CC[C@H](Oc1ccc(F)cc1)C(=O)Nc1noc(-c2ccccc2C)n1. The minimum Gasteiger partial charge on any atom is -0.481 e. The molecule has 2 aromatic carbocycles. The zero-order chi connectivity index (χ0) is 18.5. The number of ether oxygens (including phenoxy) is 1. The van der Waals surface area contributed by atoms with Crippen LogP contribution < -0.4 is 10.1 Å². The quantitative estimate of drug-likeness (QED) is 0.724. The van der Waals surface area contributed by atoms with Crippen LogP contribution in [0.3, 0.4) is 0 Å². The zero-order valence-electron chi connectivity index (χ0n) is 14.4. The molecule has 3 rings (SSSR count). The summed E-state index contributed by atoms with van der Waals surface area (Å²) in [5.74, 6) is 0.0155. The smallest absolute Gasteiger partial charge is 0.270 e. The number of halogens is 1. The van der Waals surface area contributed by atoms with Crippen LogP contribution in [0.5, 0.6) is 5.75 Å². The van der Waals surface area contributed by atoms with Gasteiger partial charge in [0.2, 0.25) is 0 Å². The van der Waals surface area contributed by atoms with Crippen LogP contribution in [-0.4, -0.2) is 22.2 Å². The van der Waals surface area contributed by atoms with Gasteiger partial charge in [0.1, 0.15) is 11.6 Å². The minimum absolute atomic E-state index is 0.0643. The van der Waals surface area contributed by atoms with Gasteiger partial charge in [-0.1, -0.05) is 25.1 Å². The summed E-state index contributed by atoms with van der Waals surface area (Å²) in [4.78, 5) is 16.6. The van der Waals surface area contributed by atoms with Gasteiger partial charge in [0.15, 0.2) is 6.10 Å². The van der Waals surface area contributed by atoms with E-state index in [4.69, 9.17) is 9.26 Å². The van der Waals surface area contributed by atoms with Gasteiger partial charge in [-0.2, -0.15) is 4.98 Å². The van der Waals surface area contributed by atoms with E-state index in [-0.39, 0.29) is 11.8 Å². The maximum atomic E-state index is 13.0. The van der Waals surface area contributed by atoms with Gasteiger partial charge < -0.3 is 9.26 Å². The van der Waals surface area contributed by atoms with Crippen molar-refractivity contribution in [1.29, 1.82) is 0 Å². The lowest BCUT2D eigenvalue weighted by Crippen LogP contribution is -2.32. The third kappa shape index (κ3) is 4.05. The molecule has 0 saturated heterocycles. The Bertz CT molecular complexity index is 893. The molecule has 0 unspecified atom stereocenters. The molecule has 0 aliphatic heterocycles. The van der Waals surface area contributed by atoms with Crippen molar-refractivity contribution in [1.82, 2.24) is 10.1 Å². The zero-order valence-corrected chi connectivity index (χ0v) is 14.4. The fraction of sp³-hybridized carbons (Fsp3) is 0.211. The Morgan fingerprint density at radius 2 is 1.96 bits per heavy atom. The van der Waals surface area contributed by atoms with Gasteiger partial charge in [-0.3, -0.25) is 10.1 Å². The largest absolute Gasteiger partial charge is 0.481 e. The van der Waals surface area contributed by atoms with E-state index >= 15 is 0 Å². The van der Waals surface area contributed by atoms with E-state index in [9.17, 15) is 9.18 Å². The predicted molar refractivity (Wildman–Crippen MR) is 94.2 cm³/mol. The monoisotopic (exact) mass is 355 g/mol. The van der Waals surface area contributed by atoms with Crippen LogP contribution in [0.1, 0.15) is 18.9 Å². The first-order chi connectivity index (χ1) is 12.6. The summed E-state index contributed by atoms with van der Waals surface area (Å²) in [6.45, 7) is 3.74. The fourth-order valence-corrected chi connectivity index (χ4v) is 2.39. The average Bonchev–Trinajstić information content (AvgIpc) is 3.09. The normalized spacial score (nSPS) is 11.8. The van der Waals surface area contributed by atoms with Crippen LogP contribution in [0.15, 0.2) is 53.1 Å². The van der Waals surface area contributed by atoms with Gasteiger partial charge in [-0.25, -0.2) is 4.39 Å². The maximum Gasteiger partial charge on any atom is 0.270 e. The van der Waals surface area contributed by atoms with Crippen molar-refractivity contribution in [3.05, 3.63) is 59.9 Å². The second-order valence-electron chi connectivity index (χ2n) is 5.70. The first-order valence-corrected chi connectivity index (χ1v) is 8.19. The summed E-state index contributed by atoms with van der Waals surface area (Å²) in [5, 5.41) is 6.37. The van der Waals surface area contributed by atoms with Crippen molar-refractivity contribution in [2.24, 2.45) is 0 Å². The minimum atomic E-state index is -0.763. The van der Waals surface area contributed by atoms with Crippen molar-refractivity contribution in [2.75, 3.05) is 5.32 Å². The Labute approximate surface area is 150 Å². The third-order valence-electron chi connectivity index (χ3n) is 3.79. The highest BCUT2D eigenvalue weighted by Gasteiger charge is 2.21. The number of benzene rings is 2. The van der Waals surface area contributed by atoms with Crippen molar-refractivity contribution in [3.8, 4) is 17.2 Å². The number of anilines is 1. The average molecular weight is 355 g/mol. The first kappa shape index (κ1) is 17.6. The lowest BCUT2D eigenvalue weighted by molar-refractivity contribution is -0.122.